The molecule has 1 saturated heterocycles. The van der Waals surface area contributed by atoms with Crippen molar-refractivity contribution in [2.45, 2.75) is 11.3 Å². The number of hydrogen-bond acceptors (Lipinski definition) is 5. The predicted octanol–water partition coefficient (Wildman–Crippen LogP) is 2.18. The Bertz CT molecular complexity index is 402. The van der Waals surface area contributed by atoms with Gasteiger partial charge in [-0.2, -0.15) is 0 Å². The molecule has 0 amide bonds. The van der Waals surface area contributed by atoms with E-state index in [-0.39, 0.29) is 5.97 Å². The number of rotatable bonds is 5. The Hall–Kier alpha value is -1.20. The van der Waals surface area contributed by atoms with Crippen molar-refractivity contribution in [3.8, 4) is 0 Å². The highest BCUT2D eigenvalue weighted by Gasteiger charge is 2.10. The molecular formula is C14H19NO3S. The normalized spacial score (nSPS) is 15.3. The van der Waals surface area contributed by atoms with Crippen molar-refractivity contribution in [2.75, 3.05) is 44.1 Å². The van der Waals surface area contributed by atoms with Crippen LogP contribution >= 0.6 is 11.8 Å². The first-order chi connectivity index (χ1) is 9.29. The molecule has 0 radical (unpaired) electrons. The van der Waals surface area contributed by atoms with Crippen LogP contribution in [-0.4, -0.2) is 45.1 Å². The Morgan fingerprint density at radius 1 is 1.32 bits per heavy atom. The minimum Gasteiger partial charge on any atom is -0.469 e. The molecule has 19 heavy (non-hydrogen) atoms. The zero-order valence-electron chi connectivity index (χ0n) is 11.1. The van der Waals surface area contributed by atoms with E-state index in [1.807, 2.05) is 0 Å². The van der Waals surface area contributed by atoms with Crippen LogP contribution in [0.4, 0.5) is 5.69 Å². The average molecular weight is 281 g/mol. The second kappa shape index (κ2) is 7.40. The molecule has 1 aromatic carbocycles. The second-order valence-electron chi connectivity index (χ2n) is 4.27. The quantitative estimate of drug-likeness (QED) is 0.611. The highest BCUT2D eigenvalue weighted by atomic mass is 32.2. The van der Waals surface area contributed by atoms with Crippen LogP contribution in [-0.2, 0) is 14.3 Å². The molecule has 4 nitrogen and oxygen atoms in total. The molecule has 0 saturated carbocycles. The van der Waals surface area contributed by atoms with Crippen LogP contribution in [0.25, 0.3) is 0 Å². The van der Waals surface area contributed by atoms with Crippen LogP contribution in [0, 0.1) is 0 Å². The third kappa shape index (κ3) is 4.44. The number of benzene rings is 1. The topological polar surface area (TPSA) is 38.8 Å². The van der Waals surface area contributed by atoms with Gasteiger partial charge in [0.1, 0.15) is 0 Å². The van der Waals surface area contributed by atoms with Gasteiger partial charge in [0, 0.05) is 29.4 Å². The maximum Gasteiger partial charge on any atom is 0.306 e. The van der Waals surface area contributed by atoms with Gasteiger partial charge in [0.25, 0.3) is 0 Å². The summed E-state index contributed by atoms with van der Waals surface area (Å²) in [5, 5.41) is 0. The van der Waals surface area contributed by atoms with Gasteiger partial charge in [-0.1, -0.05) is 0 Å². The zero-order chi connectivity index (χ0) is 13.5. The molecule has 1 aliphatic rings. The summed E-state index contributed by atoms with van der Waals surface area (Å²) in [6.07, 6.45) is 0.451. The van der Waals surface area contributed by atoms with Crippen molar-refractivity contribution in [1.82, 2.24) is 0 Å². The van der Waals surface area contributed by atoms with E-state index in [1.54, 1.807) is 11.8 Å². The van der Waals surface area contributed by atoms with Crippen molar-refractivity contribution < 1.29 is 14.3 Å². The van der Waals surface area contributed by atoms with E-state index in [4.69, 9.17) is 4.74 Å². The first-order valence-corrected chi connectivity index (χ1v) is 7.40. The van der Waals surface area contributed by atoms with Gasteiger partial charge in [-0.3, -0.25) is 4.79 Å². The molecule has 0 unspecified atom stereocenters. The smallest absolute Gasteiger partial charge is 0.306 e. The fraction of sp³-hybridized carbons (Fsp3) is 0.500. The fourth-order valence-corrected chi connectivity index (χ4v) is 2.76. The van der Waals surface area contributed by atoms with E-state index < -0.39 is 0 Å². The summed E-state index contributed by atoms with van der Waals surface area (Å²) in [6.45, 7) is 3.51. The molecule has 0 N–H and O–H groups in total. The van der Waals surface area contributed by atoms with Crippen LogP contribution in [0.1, 0.15) is 6.42 Å². The number of thioether (sulfide) groups is 1. The maximum atomic E-state index is 11.0. The molecule has 104 valence electrons. The lowest BCUT2D eigenvalue weighted by atomic mass is 10.2. The Labute approximate surface area is 118 Å². The molecule has 1 fully saturated rings. The Morgan fingerprint density at radius 3 is 2.63 bits per heavy atom. The Morgan fingerprint density at radius 2 is 2.00 bits per heavy atom. The number of carbonyl (C=O) groups excluding carboxylic acids is 1. The van der Waals surface area contributed by atoms with Gasteiger partial charge in [-0.25, -0.2) is 0 Å². The summed E-state index contributed by atoms with van der Waals surface area (Å²) in [4.78, 5) is 14.5. The van der Waals surface area contributed by atoms with E-state index in [1.165, 1.54) is 17.7 Å². The lowest BCUT2D eigenvalue weighted by molar-refractivity contribution is -0.140. The molecule has 0 atom stereocenters. The van der Waals surface area contributed by atoms with Gasteiger partial charge < -0.3 is 14.4 Å². The summed E-state index contributed by atoms with van der Waals surface area (Å²) in [5.74, 6) is 0.598. The van der Waals surface area contributed by atoms with Gasteiger partial charge in [-0.05, 0) is 24.3 Å². The standard InChI is InChI=1S/C14H19NO3S/c1-17-14(16)6-11-19-13-4-2-12(3-5-13)15-7-9-18-10-8-15/h2-5H,6-11H2,1H3. The number of carbonyl (C=O) groups is 1. The molecule has 5 heteroatoms. The van der Waals surface area contributed by atoms with Gasteiger partial charge in [0.05, 0.1) is 26.7 Å². The number of hydrogen-bond donors (Lipinski definition) is 0. The summed E-state index contributed by atoms with van der Waals surface area (Å²) in [5.41, 5.74) is 1.24. The fourth-order valence-electron chi connectivity index (χ4n) is 1.93. The van der Waals surface area contributed by atoms with Crippen LogP contribution in [0.3, 0.4) is 0 Å². The second-order valence-corrected chi connectivity index (χ2v) is 5.44. The summed E-state index contributed by atoms with van der Waals surface area (Å²) in [7, 11) is 1.42. The Balaban J connectivity index is 1.82. The lowest BCUT2D eigenvalue weighted by Gasteiger charge is -2.28. The highest BCUT2D eigenvalue weighted by Crippen LogP contribution is 2.23. The maximum absolute atomic E-state index is 11.0. The molecular weight excluding hydrogens is 262 g/mol. The minimum atomic E-state index is -0.155. The molecule has 1 aromatic rings. The number of anilines is 1. The van der Waals surface area contributed by atoms with E-state index in [0.29, 0.717) is 6.42 Å². The van der Waals surface area contributed by atoms with E-state index >= 15 is 0 Å². The van der Waals surface area contributed by atoms with Crippen molar-refractivity contribution in [2.24, 2.45) is 0 Å². The molecule has 0 aromatic heterocycles. The van der Waals surface area contributed by atoms with Crippen LogP contribution in [0.15, 0.2) is 29.2 Å². The van der Waals surface area contributed by atoms with Gasteiger partial charge in [0.2, 0.25) is 0 Å². The van der Waals surface area contributed by atoms with E-state index in [2.05, 4.69) is 33.9 Å². The van der Waals surface area contributed by atoms with Crippen molar-refractivity contribution in [1.29, 1.82) is 0 Å². The first-order valence-electron chi connectivity index (χ1n) is 6.42. The average Bonchev–Trinajstić information content (AvgIpc) is 2.48. The third-order valence-electron chi connectivity index (χ3n) is 3.02. The zero-order valence-corrected chi connectivity index (χ0v) is 11.9. The van der Waals surface area contributed by atoms with Gasteiger partial charge in [0.15, 0.2) is 0 Å². The van der Waals surface area contributed by atoms with Crippen LogP contribution in [0.2, 0.25) is 0 Å². The van der Waals surface area contributed by atoms with Crippen molar-refractivity contribution in [3.63, 3.8) is 0 Å². The lowest BCUT2D eigenvalue weighted by Crippen LogP contribution is -2.36. The largest absolute Gasteiger partial charge is 0.469 e. The predicted molar refractivity (Wildman–Crippen MR) is 76.8 cm³/mol. The van der Waals surface area contributed by atoms with E-state index in [0.717, 1.165) is 32.1 Å². The number of nitrogens with zero attached hydrogens (tertiary/aromatic N) is 1. The van der Waals surface area contributed by atoms with Gasteiger partial charge >= 0.3 is 5.97 Å². The Kier molecular flexibility index (Phi) is 5.54. The summed E-state index contributed by atoms with van der Waals surface area (Å²) < 4.78 is 9.96. The summed E-state index contributed by atoms with van der Waals surface area (Å²) >= 11 is 1.68. The summed E-state index contributed by atoms with van der Waals surface area (Å²) in [6, 6.07) is 8.47. The van der Waals surface area contributed by atoms with Crippen LogP contribution in [0.5, 0.6) is 0 Å². The van der Waals surface area contributed by atoms with Crippen molar-refractivity contribution >= 4 is 23.4 Å². The number of esters is 1. The SMILES string of the molecule is COC(=O)CCSc1ccc(N2CCOCC2)cc1. The van der Waals surface area contributed by atoms with E-state index in [9.17, 15) is 4.79 Å². The molecule has 0 spiro atoms. The molecule has 1 aliphatic heterocycles. The number of ether oxygens (including phenoxy) is 2. The monoisotopic (exact) mass is 281 g/mol. The third-order valence-corrected chi connectivity index (χ3v) is 4.03. The molecule has 2 rings (SSSR count). The number of morpholine rings is 1. The van der Waals surface area contributed by atoms with Crippen molar-refractivity contribution in [3.05, 3.63) is 24.3 Å². The number of methoxy groups -OCH3 is 1. The first kappa shape index (κ1) is 14.2. The molecule has 0 bridgehead atoms. The van der Waals surface area contributed by atoms with Crippen LogP contribution < -0.4 is 4.90 Å². The minimum absolute atomic E-state index is 0.155. The molecule has 1 heterocycles. The highest BCUT2D eigenvalue weighted by molar-refractivity contribution is 7.99. The molecule has 0 aliphatic carbocycles. The van der Waals surface area contributed by atoms with Gasteiger partial charge in [-0.15, -0.1) is 11.8 Å².